The van der Waals surface area contributed by atoms with E-state index in [1.54, 1.807) is 6.20 Å². The molecule has 0 amide bonds. The van der Waals surface area contributed by atoms with Crippen molar-refractivity contribution in [2.75, 3.05) is 38.2 Å². The molecular weight excluding hydrogens is 294 g/mol. The van der Waals surface area contributed by atoms with Gasteiger partial charge in [0.2, 0.25) is 5.89 Å². The summed E-state index contributed by atoms with van der Waals surface area (Å²) in [5.74, 6) is 2.57. The molecule has 1 aliphatic heterocycles. The van der Waals surface area contributed by atoms with Crippen LogP contribution in [0.4, 0.5) is 5.82 Å². The highest BCUT2D eigenvalue weighted by Crippen LogP contribution is 2.14. The molecule has 1 saturated heterocycles. The van der Waals surface area contributed by atoms with Crippen LogP contribution in [-0.2, 0) is 17.7 Å². The highest BCUT2D eigenvalue weighted by molar-refractivity contribution is 5.35. The molecule has 1 atom stereocenters. The average molecular weight is 317 g/mol. The predicted octanol–water partition coefficient (Wildman–Crippen LogP) is 1.36. The Morgan fingerprint density at radius 2 is 2.35 bits per heavy atom. The number of rotatable bonds is 6. The van der Waals surface area contributed by atoms with Gasteiger partial charge >= 0.3 is 0 Å². The fourth-order valence-electron chi connectivity index (χ4n) is 2.71. The Kier molecular flexibility index (Phi) is 5.19. The molecule has 0 aromatic carbocycles. The summed E-state index contributed by atoms with van der Waals surface area (Å²) in [5, 5.41) is 8.04. The number of likely N-dealkylation sites (N-methyl/N-ethyl adjacent to an activating group) is 1. The van der Waals surface area contributed by atoms with Crippen LogP contribution in [0, 0.1) is 0 Å². The van der Waals surface area contributed by atoms with Gasteiger partial charge in [-0.25, -0.2) is 4.98 Å². The van der Waals surface area contributed by atoms with Gasteiger partial charge in [0.1, 0.15) is 5.76 Å². The number of ether oxygens (including phenoxy) is 1. The van der Waals surface area contributed by atoms with Crippen LogP contribution in [0.3, 0.4) is 0 Å². The maximum atomic E-state index is 5.88. The van der Waals surface area contributed by atoms with E-state index in [1.165, 1.54) is 0 Å². The van der Waals surface area contributed by atoms with Crippen LogP contribution < -0.4 is 4.90 Å². The van der Waals surface area contributed by atoms with E-state index in [2.05, 4.69) is 31.9 Å². The van der Waals surface area contributed by atoms with Gasteiger partial charge in [-0.15, -0.1) is 5.10 Å². The van der Waals surface area contributed by atoms with Gasteiger partial charge < -0.3 is 14.1 Å². The van der Waals surface area contributed by atoms with E-state index in [4.69, 9.17) is 9.15 Å². The zero-order valence-corrected chi connectivity index (χ0v) is 13.7. The van der Waals surface area contributed by atoms with E-state index in [1.807, 2.05) is 25.4 Å². The van der Waals surface area contributed by atoms with Gasteiger partial charge in [-0.2, -0.15) is 5.10 Å². The number of hydrogen-bond donors (Lipinski definition) is 0. The first-order valence-electron chi connectivity index (χ1n) is 8.01. The summed E-state index contributed by atoms with van der Waals surface area (Å²) in [7, 11) is 2.01. The Labute approximate surface area is 136 Å². The Balaban J connectivity index is 1.53. The predicted molar refractivity (Wildman–Crippen MR) is 86.2 cm³/mol. The summed E-state index contributed by atoms with van der Waals surface area (Å²) < 4.78 is 11.6. The summed E-state index contributed by atoms with van der Waals surface area (Å²) in [6, 6.07) is 3.84. The van der Waals surface area contributed by atoms with Crippen molar-refractivity contribution in [1.29, 1.82) is 0 Å². The number of aryl methyl sites for hydroxylation is 1. The molecule has 0 bridgehead atoms. The minimum absolute atomic E-state index is 0.136. The van der Waals surface area contributed by atoms with Gasteiger partial charge in [0.15, 0.2) is 5.82 Å². The number of anilines is 1. The number of morpholine rings is 1. The lowest BCUT2D eigenvalue weighted by atomic mass is 10.2. The van der Waals surface area contributed by atoms with E-state index < -0.39 is 0 Å². The Morgan fingerprint density at radius 1 is 1.43 bits per heavy atom. The Hall–Kier alpha value is -1.99. The summed E-state index contributed by atoms with van der Waals surface area (Å²) in [4.78, 5) is 8.73. The molecule has 3 heterocycles. The van der Waals surface area contributed by atoms with Gasteiger partial charge in [0, 0.05) is 39.3 Å². The maximum Gasteiger partial charge on any atom is 0.208 e. The Morgan fingerprint density at radius 3 is 3.09 bits per heavy atom. The second-order valence-corrected chi connectivity index (χ2v) is 5.76. The Bertz CT molecular complexity index is 604. The molecule has 2 aromatic heterocycles. The fourth-order valence-corrected chi connectivity index (χ4v) is 2.71. The molecule has 3 rings (SSSR count). The first-order chi connectivity index (χ1) is 11.2. The minimum Gasteiger partial charge on any atom is -0.444 e. The van der Waals surface area contributed by atoms with Crippen LogP contribution in [0.1, 0.15) is 18.6 Å². The van der Waals surface area contributed by atoms with Crippen LogP contribution in [0.25, 0.3) is 0 Å². The molecule has 0 saturated carbocycles. The standard InChI is InChI=1S/C16H23N5O2/c1-3-13-9-17-16(23-13)12-21-7-8-22-14(11-21)10-20(2)15-5-4-6-18-19-15/h4-6,9,14H,3,7-8,10-12H2,1-2H3/t14-/m1/s1. The third kappa shape index (κ3) is 4.27. The molecular formula is C16H23N5O2. The zero-order chi connectivity index (χ0) is 16.1. The molecule has 124 valence electrons. The lowest BCUT2D eigenvalue weighted by molar-refractivity contribution is -0.0288. The molecule has 0 spiro atoms. The van der Waals surface area contributed by atoms with Crippen molar-refractivity contribution in [3.05, 3.63) is 36.2 Å². The van der Waals surface area contributed by atoms with Gasteiger partial charge in [-0.05, 0) is 12.1 Å². The van der Waals surface area contributed by atoms with E-state index in [0.29, 0.717) is 0 Å². The molecule has 1 fully saturated rings. The molecule has 7 nitrogen and oxygen atoms in total. The topological polar surface area (TPSA) is 67.5 Å². The molecule has 7 heteroatoms. The lowest BCUT2D eigenvalue weighted by Crippen LogP contribution is -2.46. The van der Waals surface area contributed by atoms with Gasteiger partial charge in [-0.1, -0.05) is 6.92 Å². The van der Waals surface area contributed by atoms with Gasteiger partial charge in [0.05, 0.1) is 25.5 Å². The molecule has 0 radical (unpaired) electrons. The van der Waals surface area contributed by atoms with Crippen LogP contribution in [-0.4, -0.2) is 59.5 Å². The van der Waals surface area contributed by atoms with Gasteiger partial charge in [-0.3, -0.25) is 4.90 Å². The van der Waals surface area contributed by atoms with Crippen molar-refractivity contribution in [2.24, 2.45) is 0 Å². The van der Waals surface area contributed by atoms with E-state index in [-0.39, 0.29) is 6.10 Å². The second kappa shape index (κ2) is 7.52. The largest absolute Gasteiger partial charge is 0.444 e. The third-order valence-electron chi connectivity index (χ3n) is 3.96. The highest BCUT2D eigenvalue weighted by atomic mass is 16.5. The summed E-state index contributed by atoms with van der Waals surface area (Å²) in [6.07, 6.45) is 4.50. The number of aromatic nitrogens is 3. The second-order valence-electron chi connectivity index (χ2n) is 5.76. The van der Waals surface area contributed by atoms with Crippen molar-refractivity contribution in [3.63, 3.8) is 0 Å². The summed E-state index contributed by atoms with van der Waals surface area (Å²) >= 11 is 0. The molecule has 1 aliphatic rings. The van der Waals surface area contributed by atoms with Gasteiger partial charge in [0.25, 0.3) is 0 Å². The first kappa shape index (κ1) is 15.9. The number of oxazole rings is 1. The lowest BCUT2D eigenvalue weighted by Gasteiger charge is -2.34. The SMILES string of the molecule is CCc1cnc(CN2CCO[C@H](CN(C)c3cccnn3)C2)o1. The van der Waals surface area contributed by atoms with Crippen LogP contribution >= 0.6 is 0 Å². The zero-order valence-electron chi connectivity index (χ0n) is 13.7. The molecule has 0 aliphatic carbocycles. The monoisotopic (exact) mass is 317 g/mol. The highest BCUT2D eigenvalue weighted by Gasteiger charge is 2.23. The molecule has 23 heavy (non-hydrogen) atoms. The number of nitrogens with zero attached hydrogens (tertiary/aromatic N) is 5. The normalized spacial score (nSPS) is 19.0. The summed E-state index contributed by atoms with van der Waals surface area (Å²) in [6.45, 7) is 6.05. The first-order valence-corrected chi connectivity index (χ1v) is 8.01. The van der Waals surface area contributed by atoms with Crippen molar-refractivity contribution >= 4 is 5.82 Å². The average Bonchev–Trinajstić information content (AvgIpc) is 3.03. The van der Waals surface area contributed by atoms with E-state index >= 15 is 0 Å². The van der Waals surface area contributed by atoms with Crippen molar-refractivity contribution in [2.45, 2.75) is 26.0 Å². The smallest absolute Gasteiger partial charge is 0.208 e. The van der Waals surface area contributed by atoms with Crippen LogP contribution in [0.2, 0.25) is 0 Å². The van der Waals surface area contributed by atoms with E-state index in [9.17, 15) is 0 Å². The summed E-state index contributed by atoms with van der Waals surface area (Å²) in [5.41, 5.74) is 0. The third-order valence-corrected chi connectivity index (χ3v) is 3.96. The fraction of sp³-hybridized carbons (Fsp3) is 0.562. The minimum atomic E-state index is 0.136. The maximum absolute atomic E-state index is 5.88. The van der Waals surface area contributed by atoms with Crippen LogP contribution in [0.5, 0.6) is 0 Å². The van der Waals surface area contributed by atoms with Crippen molar-refractivity contribution in [3.8, 4) is 0 Å². The number of hydrogen-bond acceptors (Lipinski definition) is 7. The molecule has 0 N–H and O–H groups in total. The molecule has 2 aromatic rings. The molecule has 0 unspecified atom stereocenters. The van der Waals surface area contributed by atoms with Crippen molar-refractivity contribution < 1.29 is 9.15 Å². The van der Waals surface area contributed by atoms with Crippen LogP contribution in [0.15, 0.2) is 28.9 Å². The van der Waals surface area contributed by atoms with Crippen molar-refractivity contribution in [1.82, 2.24) is 20.1 Å². The van der Waals surface area contributed by atoms with E-state index in [0.717, 1.165) is 56.7 Å². The quantitative estimate of drug-likeness (QED) is 0.797.